The fourth-order valence-corrected chi connectivity index (χ4v) is 9.02. The van der Waals surface area contributed by atoms with E-state index in [2.05, 4.69) is 18.2 Å². The first-order valence-corrected chi connectivity index (χ1v) is 19.3. The maximum absolute atomic E-state index is 13.3. The predicted molar refractivity (Wildman–Crippen MR) is 206 cm³/mol. The van der Waals surface area contributed by atoms with Crippen LogP contribution >= 0.6 is 0 Å². The molecule has 11 nitrogen and oxygen atoms in total. The molecule has 0 amide bonds. The van der Waals surface area contributed by atoms with E-state index in [-0.39, 0.29) is 39.7 Å². The van der Waals surface area contributed by atoms with E-state index in [4.69, 9.17) is 24.1 Å². The van der Waals surface area contributed by atoms with Gasteiger partial charge in [0.05, 0.1) is 60.2 Å². The number of hydroxylamine groups is 6. The third-order valence-electron chi connectivity index (χ3n) is 11.9. The Bertz CT molecular complexity index is 1740. The molecule has 0 aromatic heterocycles. The van der Waals surface area contributed by atoms with Crippen molar-refractivity contribution in [1.29, 1.82) is 0 Å². The zero-order valence-electron chi connectivity index (χ0n) is 32.7. The number of likely N-dealkylation sites (N-methyl/N-ethyl adjacent to an activating group) is 1. The summed E-state index contributed by atoms with van der Waals surface area (Å²) in [6, 6.07) is 22.2. The highest BCUT2D eigenvalue weighted by molar-refractivity contribution is 5.76. The maximum atomic E-state index is 13.3. The third kappa shape index (κ3) is 9.55. The molecule has 1 saturated heterocycles. The highest BCUT2D eigenvalue weighted by atomic mass is 16.6. The molecule has 2 fully saturated rings. The van der Waals surface area contributed by atoms with Crippen LogP contribution in [0.5, 0.6) is 17.2 Å². The zero-order valence-corrected chi connectivity index (χ0v) is 32.7. The second-order valence-corrected chi connectivity index (χ2v) is 15.8. The lowest BCUT2D eigenvalue weighted by Crippen LogP contribution is -2.65. The van der Waals surface area contributed by atoms with E-state index in [9.17, 15) is 20.0 Å². The van der Waals surface area contributed by atoms with Crippen LogP contribution in [0.4, 0.5) is 0 Å². The molecule has 6 rings (SSSR count). The van der Waals surface area contributed by atoms with Crippen LogP contribution in [0.1, 0.15) is 80.0 Å². The van der Waals surface area contributed by atoms with Crippen LogP contribution < -0.4 is 14.2 Å². The van der Waals surface area contributed by atoms with Gasteiger partial charge in [-0.2, -0.15) is 4.65 Å². The average molecular weight is 748 g/mol. The number of carbonyl (C=O) groups excluding carboxylic acids is 1. The largest absolute Gasteiger partial charge is 0.633 e. The van der Waals surface area contributed by atoms with Crippen molar-refractivity contribution in [2.24, 2.45) is 0 Å². The van der Waals surface area contributed by atoms with Crippen molar-refractivity contribution in [3.63, 3.8) is 0 Å². The molecule has 3 aromatic carbocycles. The molecule has 294 valence electrons. The van der Waals surface area contributed by atoms with Gasteiger partial charge in [0, 0.05) is 25.7 Å². The van der Waals surface area contributed by atoms with Crippen molar-refractivity contribution in [1.82, 2.24) is 0 Å². The summed E-state index contributed by atoms with van der Waals surface area (Å²) in [7, 11) is 8.55. The van der Waals surface area contributed by atoms with Gasteiger partial charge in [0.25, 0.3) is 0 Å². The number of nitrogens with zero attached hydrogens (tertiary/aromatic N) is 2. The van der Waals surface area contributed by atoms with Gasteiger partial charge in [-0.25, -0.2) is 5.21 Å². The van der Waals surface area contributed by atoms with E-state index in [0.717, 1.165) is 67.7 Å². The van der Waals surface area contributed by atoms with Gasteiger partial charge in [-0.3, -0.25) is 9.59 Å². The lowest BCUT2D eigenvalue weighted by Gasteiger charge is -2.60. The number of aryl methyl sites for hydroxylation is 3. The van der Waals surface area contributed by atoms with Gasteiger partial charge < -0.3 is 33.9 Å². The molecular weight excluding hydrogens is 688 g/mol. The van der Waals surface area contributed by atoms with E-state index < -0.39 is 18.0 Å². The molecule has 1 aliphatic heterocycles. The fourth-order valence-electron chi connectivity index (χ4n) is 9.02. The molecule has 1 saturated carbocycles. The first-order valence-electron chi connectivity index (χ1n) is 19.3. The number of fused-ring (bicyclic) bond motifs is 1. The Morgan fingerprint density at radius 1 is 0.907 bits per heavy atom. The average Bonchev–Trinajstić information content (AvgIpc) is 3.42. The number of carbonyl (C=O) groups is 2. The summed E-state index contributed by atoms with van der Waals surface area (Å²) in [5.74, 6) is 0.800. The van der Waals surface area contributed by atoms with Crippen LogP contribution in [0.2, 0.25) is 0 Å². The fraction of sp³-hybridized carbons (Fsp3) is 0.535. The number of ether oxygens (including phenoxy) is 4. The highest BCUT2D eigenvalue weighted by Gasteiger charge is 2.67. The maximum Gasteiger partial charge on any atom is 0.306 e. The van der Waals surface area contributed by atoms with Crippen molar-refractivity contribution >= 4 is 11.9 Å². The van der Waals surface area contributed by atoms with Gasteiger partial charge in [-0.15, -0.1) is 0 Å². The van der Waals surface area contributed by atoms with Crippen molar-refractivity contribution in [2.75, 3.05) is 55.1 Å². The molecule has 0 radical (unpaired) electrons. The Balaban J connectivity index is 0.000000227. The molecule has 3 aromatic rings. The molecule has 1 unspecified atom stereocenters. The third-order valence-corrected chi connectivity index (χ3v) is 11.9. The van der Waals surface area contributed by atoms with Crippen LogP contribution in [0, 0.1) is 5.21 Å². The topological polar surface area (TPSA) is 135 Å². The summed E-state index contributed by atoms with van der Waals surface area (Å²) < 4.78 is 21.9. The molecule has 1 heterocycles. The van der Waals surface area contributed by atoms with Gasteiger partial charge in [-0.05, 0) is 84.7 Å². The normalized spacial score (nSPS) is 23.4. The zero-order chi connectivity index (χ0) is 39.0. The molecule has 54 heavy (non-hydrogen) atoms. The smallest absolute Gasteiger partial charge is 0.306 e. The molecule has 2 aliphatic carbocycles. The molecule has 11 heteroatoms. The van der Waals surface area contributed by atoms with E-state index in [1.165, 1.54) is 30.4 Å². The number of likely N-dealkylation sites (tertiary alicyclic amines) is 1. The SMILES string of the molecule is COc1ccc2c(c1)[C@]13CCCC[C@@]1(CC2)[N@@+](C)([O-])CC3.COc1cccc(CCc2ccccc2OCC(CC[N+](C)(C)O)OC(=O)CCC(=O)O)c1. The molecule has 2 N–H and O–H groups in total. The lowest BCUT2D eigenvalue weighted by atomic mass is 9.53. The highest BCUT2D eigenvalue weighted by Crippen LogP contribution is 2.63. The Kier molecular flexibility index (Phi) is 13.3. The molecule has 3 aliphatic rings. The number of carboxylic acids is 1. The van der Waals surface area contributed by atoms with Gasteiger partial charge >= 0.3 is 11.9 Å². The lowest BCUT2D eigenvalue weighted by molar-refractivity contribution is -1.07. The number of esters is 1. The van der Waals surface area contributed by atoms with Crippen LogP contribution in [-0.4, -0.2) is 98.2 Å². The Labute approximate surface area is 320 Å². The number of benzene rings is 3. The molecule has 0 bridgehead atoms. The molecule has 0 spiro atoms. The minimum Gasteiger partial charge on any atom is -0.633 e. The minimum atomic E-state index is -1.06. The molecule has 4 atom stereocenters. The standard InChI is InChI=1S/C25H33NO7.C18H25NO2/c1-26(2,30)16-15-22(33-25(29)14-13-24(27)28)18-32-23-10-5-4-8-20(23)12-11-19-7-6-9-21(17-19)31-3;1-19(20)12-11-17-8-3-4-9-18(17,19)10-7-14-5-6-15(21-2)13-16(14)17/h4-10,17,22,30H,11-16,18H2,1-3H3;5-6,13H,3-4,7-12H2,1-2H3/p+1/t;17-,18+,19+/m.1/s1. The number of rotatable bonds is 15. The van der Waals surface area contributed by atoms with Crippen LogP contribution in [0.15, 0.2) is 66.7 Å². The van der Waals surface area contributed by atoms with Crippen LogP contribution in [0.3, 0.4) is 0 Å². The minimum absolute atomic E-state index is 0.0242. The number of methoxy groups -OCH3 is 2. The summed E-state index contributed by atoms with van der Waals surface area (Å²) in [6.07, 6.45) is 8.76. The van der Waals surface area contributed by atoms with Crippen molar-refractivity contribution in [3.8, 4) is 17.2 Å². The summed E-state index contributed by atoms with van der Waals surface area (Å²) in [4.78, 5) is 22.8. The van der Waals surface area contributed by atoms with Crippen LogP contribution in [0.25, 0.3) is 0 Å². The monoisotopic (exact) mass is 747 g/mol. The second kappa shape index (κ2) is 17.5. The number of quaternary nitrogens is 2. The van der Waals surface area contributed by atoms with Crippen molar-refractivity contribution in [3.05, 3.63) is 94.2 Å². The van der Waals surface area contributed by atoms with Gasteiger partial charge in [0.1, 0.15) is 42.0 Å². The summed E-state index contributed by atoms with van der Waals surface area (Å²) in [5.41, 5.74) is 5.08. The second-order valence-electron chi connectivity index (χ2n) is 15.8. The van der Waals surface area contributed by atoms with Crippen molar-refractivity contribution in [2.45, 2.75) is 94.1 Å². The Morgan fingerprint density at radius 3 is 2.39 bits per heavy atom. The van der Waals surface area contributed by atoms with Gasteiger partial charge in [-0.1, -0.05) is 42.8 Å². The van der Waals surface area contributed by atoms with Crippen molar-refractivity contribution < 1.29 is 48.1 Å². The van der Waals surface area contributed by atoms with E-state index in [0.29, 0.717) is 18.7 Å². The van der Waals surface area contributed by atoms with Gasteiger partial charge in [0.15, 0.2) is 0 Å². The predicted octanol–water partition coefficient (Wildman–Crippen LogP) is 7.03. The Hall–Kier alpha value is -4.16. The summed E-state index contributed by atoms with van der Waals surface area (Å²) in [6.45, 7) is 1.23. The van der Waals surface area contributed by atoms with Gasteiger partial charge in [0.2, 0.25) is 0 Å². The summed E-state index contributed by atoms with van der Waals surface area (Å²) >= 11 is 0. The van der Waals surface area contributed by atoms with E-state index >= 15 is 0 Å². The first-order chi connectivity index (χ1) is 25.7. The molecular formula is C43H59N2O9+. The quantitative estimate of drug-likeness (QED) is 0.0728. The number of hydrogen-bond donors (Lipinski definition) is 2. The number of aliphatic carboxylic acids is 1. The number of hydrogen-bond acceptors (Lipinski definition) is 8. The summed E-state index contributed by atoms with van der Waals surface area (Å²) in [5, 5.41) is 32.1. The number of para-hydroxylation sites is 1. The number of carboxylic acid groups (broad SMARTS) is 1. The Morgan fingerprint density at radius 2 is 1.65 bits per heavy atom. The first kappa shape index (κ1) is 41.0. The van der Waals surface area contributed by atoms with Crippen LogP contribution in [-0.2, 0) is 39.0 Å². The van der Waals surface area contributed by atoms with E-state index in [1.54, 1.807) is 28.3 Å². The van der Waals surface area contributed by atoms with E-state index in [1.807, 2.05) is 55.6 Å².